The highest BCUT2D eigenvalue weighted by Crippen LogP contribution is 2.39. The van der Waals surface area contributed by atoms with Gasteiger partial charge < -0.3 is 20.1 Å². The molecule has 1 fully saturated rings. The molecule has 2 aliphatic rings. The smallest absolute Gasteiger partial charge is 0.230 e. The minimum Gasteiger partial charge on any atom is -0.495 e. The van der Waals surface area contributed by atoms with Crippen LogP contribution in [0.4, 0.5) is 11.4 Å². The third-order valence-corrected chi connectivity index (χ3v) is 5.59. The van der Waals surface area contributed by atoms with Crippen LogP contribution < -0.4 is 15.4 Å². The van der Waals surface area contributed by atoms with Crippen molar-refractivity contribution in [3.05, 3.63) is 35.2 Å². The van der Waals surface area contributed by atoms with Gasteiger partial charge in [0.2, 0.25) is 11.8 Å². The van der Waals surface area contributed by atoms with E-state index in [1.165, 1.54) is 0 Å². The van der Waals surface area contributed by atoms with Crippen LogP contribution in [-0.4, -0.2) is 35.3 Å². The number of fused-ring (bicyclic) bond motifs is 1. The second-order valence-corrected chi connectivity index (χ2v) is 7.24. The number of hydrogen-bond acceptors (Lipinski definition) is 5. The predicted molar refractivity (Wildman–Crippen MR) is 103 cm³/mol. The van der Waals surface area contributed by atoms with Crippen molar-refractivity contribution >= 4 is 23.2 Å². The van der Waals surface area contributed by atoms with E-state index in [9.17, 15) is 9.59 Å². The lowest BCUT2D eigenvalue weighted by Crippen LogP contribution is -2.26. The number of hydrogen-bond donors (Lipinski definition) is 2. The summed E-state index contributed by atoms with van der Waals surface area (Å²) in [6, 6.07) is 3.64. The van der Waals surface area contributed by atoms with Crippen molar-refractivity contribution in [3.63, 3.8) is 0 Å². The molecule has 4 rings (SSSR count). The summed E-state index contributed by atoms with van der Waals surface area (Å²) < 4.78 is 13.1. The van der Waals surface area contributed by atoms with Crippen molar-refractivity contribution in [2.45, 2.75) is 32.3 Å². The number of carbonyl (C=O) groups excluding carboxylic acids is 2. The lowest BCUT2D eigenvalue weighted by Gasteiger charge is -2.22. The number of carbonyl (C=O) groups is 2. The van der Waals surface area contributed by atoms with Gasteiger partial charge in [0.25, 0.3) is 0 Å². The summed E-state index contributed by atoms with van der Waals surface area (Å²) in [5, 5.41) is 10.1. The summed E-state index contributed by atoms with van der Waals surface area (Å²) in [6.07, 6.45) is 3.19. The minimum absolute atomic E-state index is 0.0220. The summed E-state index contributed by atoms with van der Waals surface area (Å²) >= 11 is 0. The highest BCUT2D eigenvalue weighted by molar-refractivity contribution is 5.98. The lowest BCUT2D eigenvalue weighted by atomic mass is 9.94. The highest BCUT2D eigenvalue weighted by Gasteiger charge is 2.37. The van der Waals surface area contributed by atoms with Crippen molar-refractivity contribution < 1.29 is 19.1 Å². The fraction of sp³-hybridized carbons (Fsp3) is 0.450. The van der Waals surface area contributed by atoms with E-state index in [0.717, 1.165) is 22.5 Å². The molecule has 0 spiro atoms. The Balaban J connectivity index is 1.58. The molecule has 8 nitrogen and oxygen atoms in total. The van der Waals surface area contributed by atoms with Crippen LogP contribution in [0.2, 0.25) is 0 Å². The van der Waals surface area contributed by atoms with E-state index in [1.807, 2.05) is 20.0 Å². The Bertz CT molecular complexity index is 937. The fourth-order valence-electron chi connectivity index (χ4n) is 3.86. The van der Waals surface area contributed by atoms with Crippen LogP contribution in [0.1, 0.15) is 35.8 Å². The van der Waals surface area contributed by atoms with Crippen LogP contribution in [0.15, 0.2) is 18.3 Å². The number of benzene rings is 1. The number of aromatic nitrogens is 2. The Labute approximate surface area is 163 Å². The molecule has 28 heavy (non-hydrogen) atoms. The molecule has 2 N–H and O–H groups in total. The Morgan fingerprint density at radius 3 is 2.93 bits per heavy atom. The molecule has 2 aliphatic heterocycles. The first kappa shape index (κ1) is 18.5. The first-order valence-corrected chi connectivity index (χ1v) is 9.39. The van der Waals surface area contributed by atoms with Gasteiger partial charge in [0, 0.05) is 37.0 Å². The van der Waals surface area contributed by atoms with Crippen molar-refractivity contribution in [2.24, 2.45) is 13.0 Å². The predicted octanol–water partition coefficient (Wildman–Crippen LogP) is 2.34. The Morgan fingerprint density at radius 2 is 2.21 bits per heavy atom. The molecule has 2 amide bonds. The number of methoxy groups -OCH3 is 1. The van der Waals surface area contributed by atoms with Gasteiger partial charge in [-0.25, -0.2) is 0 Å². The molecule has 0 bridgehead atoms. The number of nitrogens with zero attached hydrogens (tertiary/aromatic N) is 2. The number of ether oxygens (including phenoxy) is 2. The van der Waals surface area contributed by atoms with Gasteiger partial charge in [0.05, 0.1) is 31.0 Å². The second-order valence-electron chi connectivity index (χ2n) is 7.24. The molecule has 2 atom stereocenters. The summed E-state index contributed by atoms with van der Waals surface area (Å²) in [5.41, 5.74) is 4.18. The minimum atomic E-state index is -0.322. The van der Waals surface area contributed by atoms with Gasteiger partial charge in [-0.05, 0) is 37.5 Å². The standard InChI is InChI=1S/C20H24N4O4/c1-11-14(10-21-24(11)2)19-13(6-7-28-19)20(26)23-16-9-15-12(8-17(16)27-3)4-5-18(25)22-15/h8-10,13,19H,4-7H2,1-3H3,(H,22,25)(H,23,26)/t13-,19-/m0/s1. The van der Waals surface area contributed by atoms with E-state index in [1.54, 1.807) is 24.1 Å². The zero-order valence-electron chi connectivity index (χ0n) is 16.2. The van der Waals surface area contributed by atoms with Gasteiger partial charge in [-0.3, -0.25) is 14.3 Å². The Hall–Kier alpha value is -2.87. The van der Waals surface area contributed by atoms with Crippen molar-refractivity contribution in [1.29, 1.82) is 0 Å². The molecular weight excluding hydrogens is 360 g/mol. The molecule has 8 heteroatoms. The molecule has 1 aromatic carbocycles. The molecule has 148 valence electrons. The maximum absolute atomic E-state index is 13.1. The first-order valence-electron chi connectivity index (χ1n) is 9.39. The van der Waals surface area contributed by atoms with Crippen LogP contribution in [0, 0.1) is 12.8 Å². The topological polar surface area (TPSA) is 94.5 Å². The van der Waals surface area contributed by atoms with Gasteiger partial charge in [0.1, 0.15) is 5.75 Å². The van der Waals surface area contributed by atoms with Gasteiger partial charge in [-0.1, -0.05) is 0 Å². The molecule has 3 heterocycles. The number of anilines is 2. The van der Waals surface area contributed by atoms with Crippen molar-refractivity contribution in [3.8, 4) is 5.75 Å². The second kappa shape index (κ2) is 7.27. The van der Waals surface area contributed by atoms with E-state index < -0.39 is 0 Å². The Kier molecular flexibility index (Phi) is 4.80. The number of nitrogens with one attached hydrogen (secondary N) is 2. The van der Waals surface area contributed by atoms with Crippen LogP contribution in [0.25, 0.3) is 0 Å². The third kappa shape index (κ3) is 3.24. The molecule has 2 aromatic rings. The molecule has 0 unspecified atom stereocenters. The van der Waals surface area contributed by atoms with E-state index in [2.05, 4.69) is 15.7 Å². The average molecular weight is 384 g/mol. The Morgan fingerprint density at radius 1 is 1.39 bits per heavy atom. The SMILES string of the molecule is COc1cc2c(cc1NC(=O)[C@H]1CCO[C@@H]1c1cnn(C)c1C)NC(=O)CC2. The highest BCUT2D eigenvalue weighted by atomic mass is 16.5. The quantitative estimate of drug-likeness (QED) is 0.844. The van der Waals surface area contributed by atoms with E-state index in [4.69, 9.17) is 9.47 Å². The largest absolute Gasteiger partial charge is 0.495 e. The zero-order chi connectivity index (χ0) is 19.8. The molecular formula is C20H24N4O4. The van der Waals surface area contributed by atoms with E-state index >= 15 is 0 Å². The fourth-order valence-corrected chi connectivity index (χ4v) is 3.86. The average Bonchev–Trinajstić information content (AvgIpc) is 3.28. The zero-order valence-corrected chi connectivity index (χ0v) is 16.2. The lowest BCUT2D eigenvalue weighted by molar-refractivity contribution is -0.121. The van der Waals surface area contributed by atoms with Crippen molar-refractivity contribution in [1.82, 2.24) is 9.78 Å². The van der Waals surface area contributed by atoms with Gasteiger partial charge in [-0.15, -0.1) is 0 Å². The van der Waals surface area contributed by atoms with Crippen LogP contribution in [-0.2, 0) is 27.8 Å². The monoisotopic (exact) mass is 384 g/mol. The summed E-state index contributed by atoms with van der Waals surface area (Å²) in [7, 11) is 3.44. The van der Waals surface area contributed by atoms with E-state index in [0.29, 0.717) is 37.3 Å². The summed E-state index contributed by atoms with van der Waals surface area (Å²) in [4.78, 5) is 24.8. The van der Waals surface area contributed by atoms with Crippen LogP contribution >= 0.6 is 0 Å². The molecule has 1 aromatic heterocycles. The van der Waals surface area contributed by atoms with Crippen molar-refractivity contribution in [2.75, 3.05) is 24.4 Å². The maximum atomic E-state index is 13.1. The molecule has 0 aliphatic carbocycles. The first-order chi connectivity index (χ1) is 13.5. The molecule has 0 radical (unpaired) electrons. The summed E-state index contributed by atoms with van der Waals surface area (Å²) in [6.45, 7) is 2.49. The van der Waals surface area contributed by atoms with Gasteiger partial charge in [0.15, 0.2) is 0 Å². The van der Waals surface area contributed by atoms with Gasteiger partial charge >= 0.3 is 0 Å². The number of aryl methyl sites for hydroxylation is 2. The third-order valence-electron chi connectivity index (χ3n) is 5.59. The van der Waals surface area contributed by atoms with Crippen LogP contribution in [0.3, 0.4) is 0 Å². The van der Waals surface area contributed by atoms with E-state index in [-0.39, 0.29) is 23.8 Å². The maximum Gasteiger partial charge on any atom is 0.230 e. The number of rotatable bonds is 4. The summed E-state index contributed by atoms with van der Waals surface area (Å²) in [5.74, 6) is 0.104. The normalized spacial score (nSPS) is 21.2. The van der Waals surface area contributed by atoms with Gasteiger partial charge in [-0.2, -0.15) is 5.10 Å². The molecule has 1 saturated heterocycles. The number of amides is 2. The molecule has 0 saturated carbocycles. The van der Waals surface area contributed by atoms with Crippen LogP contribution in [0.5, 0.6) is 5.75 Å².